The van der Waals surface area contributed by atoms with Gasteiger partial charge in [-0.2, -0.15) is 0 Å². The van der Waals surface area contributed by atoms with Crippen molar-refractivity contribution in [3.63, 3.8) is 0 Å². The quantitative estimate of drug-likeness (QED) is 0.843. The van der Waals surface area contributed by atoms with Gasteiger partial charge in [0, 0.05) is 50.7 Å². The summed E-state index contributed by atoms with van der Waals surface area (Å²) in [6.45, 7) is 5.51. The predicted octanol–water partition coefficient (Wildman–Crippen LogP) is 3.63. The van der Waals surface area contributed by atoms with Gasteiger partial charge in [0.05, 0.1) is 0 Å². The number of para-hydroxylation sites is 1. The normalized spacial score (nSPS) is 23.2. The first-order valence-electron chi connectivity index (χ1n) is 10.8. The standard InChI is InChI=1S/C23H32N2O3/c1-16(2)24-21(26)14-18-15-23(28-20-6-4-3-5-19(18)20)9-11-25(12-10-23)22(27)13-17-7-8-17/h3-6,16-18H,7-15H2,1-2H3,(H,24,26)/t18-/m0/s1. The van der Waals surface area contributed by atoms with Gasteiger partial charge in [-0.3, -0.25) is 9.59 Å². The van der Waals surface area contributed by atoms with E-state index in [0.29, 0.717) is 24.7 Å². The summed E-state index contributed by atoms with van der Waals surface area (Å²) in [6.07, 6.45) is 6.17. The van der Waals surface area contributed by atoms with Gasteiger partial charge in [-0.05, 0) is 50.7 Å². The van der Waals surface area contributed by atoms with Crippen molar-refractivity contribution in [3.05, 3.63) is 29.8 Å². The lowest BCUT2D eigenvalue weighted by Crippen LogP contribution is -2.52. The Balaban J connectivity index is 1.45. The van der Waals surface area contributed by atoms with Gasteiger partial charge in [0.1, 0.15) is 11.4 Å². The highest BCUT2D eigenvalue weighted by Crippen LogP contribution is 2.46. The first-order chi connectivity index (χ1) is 13.4. The molecule has 5 heteroatoms. The van der Waals surface area contributed by atoms with Crippen molar-refractivity contribution in [1.29, 1.82) is 0 Å². The zero-order valence-electron chi connectivity index (χ0n) is 17.1. The van der Waals surface area contributed by atoms with E-state index in [1.165, 1.54) is 12.8 Å². The Bertz CT molecular complexity index is 733. The molecule has 1 N–H and O–H groups in total. The Labute approximate surface area is 167 Å². The van der Waals surface area contributed by atoms with Crippen LogP contribution in [0.4, 0.5) is 0 Å². The summed E-state index contributed by atoms with van der Waals surface area (Å²) in [5.41, 5.74) is 0.882. The van der Waals surface area contributed by atoms with Gasteiger partial charge in [-0.1, -0.05) is 18.2 Å². The molecule has 0 unspecified atom stereocenters. The number of ether oxygens (including phenoxy) is 1. The van der Waals surface area contributed by atoms with E-state index in [4.69, 9.17) is 4.74 Å². The topological polar surface area (TPSA) is 58.6 Å². The Morgan fingerprint density at radius 2 is 1.89 bits per heavy atom. The molecule has 28 heavy (non-hydrogen) atoms. The highest BCUT2D eigenvalue weighted by atomic mass is 16.5. The summed E-state index contributed by atoms with van der Waals surface area (Å²) in [6, 6.07) is 8.28. The molecule has 2 aliphatic heterocycles. The van der Waals surface area contributed by atoms with Crippen LogP contribution in [-0.2, 0) is 9.59 Å². The minimum atomic E-state index is -0.256. The van der Waals surface area contributed by atoms with Gasteiger partial charge < -0.3 is 15.0 Å². The maximum absolute atomic E-state index is 12.5. The molecule has 0 bridgehead atoms. The smallest absolute Gasteiger partial charge is 0.222 e. The van der Waals surface area contributed by atoms with E-state index in [1.54, 1.807) is 0 Å². The molecule has 2 heterocycles. The molecule has 4 rings (SSSR count). The molecular formula is C23H32N2O3. The van der Waals surface area contributed by atoms with Gasteiger partial charge in [0.25, 0.3) is 0 Å². The lowest BCUT2D eigenvalue weighted by molar-refractivity contribution is -0.135. The number of benzene rings is 1. The van der Waals surface area contributed by atoms with Crippen LogP contribution >= 0.6 is 0 Å². The zero-order valence-corrected chi connectivity index (χ0v) is 17.1. The molecule has 3 aliphatic rings. The fourth-order valence-corrected chi connectivity index (χ4v) is 4.70. The molecule has 1 spiro atoms. The minimum Gasteiger partial charge on any atom is -0.487 e. The number of nitrogens with zero attached hydrogens (tertiary/aromatic N) is 1. The number of hydrogen-bond donors (Lipinski definition) is 1. The minimum absolute atomic E-state index is 0.101. The molecule has 1 aromatic carbocycles. The maximum atomic E-state index is 12.5. The second-order valence-corrected chi connectivity index (χ2v) is 9.18. The molecule has 0 radical (unpaired) electrons. The second-order valence-electron chi connectivity index (χ2n) is 9.18. The molecule has 152 valence electrons. The van der Waals surface area contributed by atoms with Crippen molar-refractivity contribution in [1.82, 2.24) is 10.2 Å². The van der Waals surface area contributed by atoms with Crippen molar-refractivity contribution in [2.24, 2.45) is 5.92 Å². The summed E-state index contributed by atoms with van der Waals surface area (Å²) in [5.74, 6) is 2.11. The average molecular weight is 385 g/mol. The Hall–Kier alpha value is -2.04. The van der Waals surface area contributed by atoms with Crippen LogP contribution < -0.4 is 10.1 Å². The number of amides is 2. The van der Waals surface area contributed by atoms with Gasteiger partial charge in [-0.15, -0.1) is 0 Å². The SMILES string of the molecule is CC(C)NC(=O)C[C@H]1CC2(CCN(C(=O)CC3CC3)CC2)Oc2ccccc21. The lowest BCUT2D eigenvalue weighted by atomic mass is 9.76. The van der Waals surface area contributed by atoms with Crippen LogP contribution in [0.15, 0.2) is 24.3 Å². The van der Waals surface area contributed by atoms with Crippen molar-refractivity contribution in [2.75, 3.05) is 13.1 Å². The van der Waals surface area contributed by atoms with E-state index in [2.05, 4.69) is 11.4 Å². The molecule has 1 aliphatic carbocycles. The summed E-state index contributed by atoms with van der Waals surface area (Å²) in [7, 11) is 0. The van der Waals surface area contributed by atoms with Crippen molar-refractivity contribution < 1.29 is 14.3 Å². The van der Waals surface area contributed by atoms with Crippen molar-refractivity contribution in [2.45, 2.75) is 76.4 Å². The Morgan fingerprint density at radius 1 is 1.18 bits per heavy atom. The highest BCUT2D eigenvalue weighted by molar-refractivity contribution is 5.77. The van der Waals surface area contributed by atoms with E-state index in [-0.39, 0.29) is 23.5 Å². The van der Waals surface area contributed by atoms with Crippen LogP contribution in [0.3, 0.4) is 0 Å². The van der Waals surface area contributed by atoms with Crippen molar-refractivity contribution in [3.8, 4) is 5.75 Å². The number of carbonyl (C=O) groups excluding carboxylic acids is 2. The molecule has 1 aromatic rings. The Kier molecular flexibility index (Phi) is 5.35. The van der Waals surface area contributed by atoms with Crippen LogP contribution in [0.2, 0.25) is 0 Å². The van der Waals surface area contributed by atoms with Crippen LogP contribution in [0.25, 0.3) is 0 Å². The number of rotatable bonds is 5. The third-order valence-corrected chi connectivity index (χ3v) is 6.37. The van der Waals surface area contributed by atoms with E-state index in [9.17, 15) is 9.59 Å². The number of hydrogen-bond acceptors (Lipinski definition) is 3. The number of nitrogens with one attached hydrogen (secondary N) is 1. The summed E-state index contributed by atoms with van der Waals surface area (Å²) >= 11 is 0. The van der Waals surface area contributed by atoms with Crippen molar-refractivity contribution >= 4 is 11.8 Å². The number of fused-ring (bicyclic) bond motifs is 1. The molecule has 0 aromatic heterocycles. The average Bonchev–Trinajstić information content (AvgIpc) is 3.45. The van der Waals surface area contributed by atoms with Gasteiger partial charge in [-0.25, -0.2) is 0 Å². The largest absolute Gasteiger partial charge is 0.487 e. The summed E-state index contributed by atoms with van der Waals surface area (Å²) < 4.78 is 6.51. The monoisotopic (exact) mass is 384 g/mol. The van der Waals surface area contributed by atoms with E-state index < -0.39 is 0 Å². The lowest BCUT2D eigenvalue weighted by Gasteiger charge is -2.47. The van der Waals surface area contributed by atoms with Crippen LogP contribution in [0, 0.1) is 5.92 Å². The molecular weight excluding hydrogens is 352 g/mol. The first-order valence-corrected chi connectivity index (χ1v) is 10.8. The maximum Gasteiger partial charge on any atom is 0.222 e. The fourth-order valence-electron chi connectivity index (χ4n) is 4.70. The second kappa shape index (κ2) is 7.76. The van der Waals surface area contributed by atoms with Crippen LogP contribution in [0.5, 0.6) is 5.75 Å². The molecule has 1 saturated carbocycles. The van der Waals surface area contributed by atoms with E-state index >= 15 is 0 Å². The van der Waals surface area contributed by atoms with E-state index in [0.717, 1.165) is 43.7 Å². The van der Waals surface area contributed by atoms with E-state index in [1.807, 2.05) is 36.9 Å². The summed E-state index contributed by atoms with van der Waals surface area (Å²) in [5, 5.41) is 3.03. The molecule has 1 atom stereocenters. The van der Waals surface area contributed by atoms with Crippen LogP contribution in [-0.4, -0.2) is 41.4 Å². The molecule has 1 saturated heterocycles. The predicted molar refractivity (Wildman–Crippen MR) is 108 cm³/mol. The zero-order chi connectivity index (χ0) is 19.7. The number of carbonyl (C=O) groups is 2. The first kappa shape index (κ1) is 19.3. The highest BCUT2D eigenvalue weighted by Gasteiger charge is 2.44. The van der Waals surface area contributed by atoms with Gasteiger partial charge in [0.15, 0.2) is 0 Å². The summed E-state index contributed by atoms with van der Waals surface area (Å²) in [4.78, 5) is 26.9. The Morgan fingerprint density at radius 3 is 2.57 bits per heavy atom. The van der Waals surface area contributed by atoms with Gasteiger partial charge >= 0.3 is 0 Å². The number of piperidine rings is 1. The third kappa shape index (κ3) is 4.34. The third-order valence-electron chi connectivity index (χ3n) is 6.37. The molecule has 2 fully saturated rings. The number of likely N-dealkylation sites (tertiary alicyclic amines) is 1. The molecule has 5 nitrogen and oxygen atoms in total. The van der Waals surface area contributed by atoms with Crippen LogP contribution in [0.1, 0.15) is 70.3 Å². The molecule has 2 amide bonds. The fraction of sp³-hybridized carbons (Fsp3) is 0.652. The van der Waals surface area contributed by atoms with Gasteiger partial charge in [0.2, 0.25) is 11.8 Å².